The summed E-state index contributed by atoms with van der Waals surface area (Å²) >= 11 is 0. The standard InChI is InChI=1S/C11H21NO4/c1-11(2,3)16-10(13)12-5-4-6-14-7-9-8-15-9/h9H,4-8H2,1-3H3,(H,12,13). The lowest BCUT2D eigenvalue weighted by molar-refractivity contribution is 0.0518. The normalized spacial score (nSPS) is 19.3. The molecule has 0 saturated carbocycles. The van der Waals surface area contributed by atoms with E-state index in [2.05, 4.69) is 5.32 Å². The SMILES string of the molecule is CC(C)(C)OC(=O)NCCCOCC1CO1. The highest BCUT2D eigenvalue weighted by Gasteiger charge is 2.22. The van der Waals surface area contributed by atoms with E-state index in [0.29, 0.717) is 25.9 Å². The zero-order valence-corrected chi connectivity index (χ0v) is 10.2. The molecule has 16 heavy (non-hydrogen) atoms. The Morgan fingerprint density at radius 1 is 1.50 bits per heavy atom. The number of ether oxygens (including phenoxy) is 3. The molecule has 1 rings (SSSR count). The lowest BCUT2D eigenvalue weighted by atomic mass is 10.2. The molecule has 1 aliphatic rings. The van der Waals surface area contributed by atoms with Gasteiger partial charge in [-0.2, -0.15) is 0 Å². The third-order valence-corrected chi connectivity index (χ3v) is 1.84. The van der Waals surface area contributed by atoms with Gasteiger partial charge < -0.3 is 19.5 Å². The van der Waals surface area contributed by atoms with Gasteiger partial charge >= 0.3 is 6.09 Å². The quantitative estimate of drug-likeness (QED) is 0.553. The van der Waals surface area contributed by atoms with Crippen LogP contribution in [0.2, 0.25) is 0 Å². The highest BCUT2D eigenvalue weighted by atomic mass is 16.6. The van der Waals surface area contributed by atoms with Crippen LogP contribution in [0, 0.1) is 0 Å². The molecule has 94 valence electrons. The van der Waals surface area contributed by atoms with Crippen LogP contribution in [0.5, 0.6) is 0 Å². The van der Waals surface area contributed by atoms with Gasteiger partial charge in [0.1, 0.15) is 11.7 Å². The molecule has 0 aromatic heterocycles. The van der Waals surface area contributed by atoms with E-state index in [1.165, 1.54) is 0 Å². The molecule has 1 saturated heterocycles. The molecule has 1 heterocycles. The van der Waals surface area contributed by atoms with E-state index in [-0.39, 0.29) is 6.09 Å². The largest absolute Gasteiger partial charge is 0.444 e. The molecule has 0 bridgehead atoms. The average molecular weight is 231 g/mol. The van der Waals surface area contributed by atoms with Crippen molar-refractivity contribution in [3.05, 3.63) is 0 Å². The van der Waals surface area contributed by atoms with E-state index in [1.807, 2.05) is 20.8 Å². The van der Waals surface area contributed by atoms with Crippen LogP contribution in [0.4, 0.5) is 4.79 Å². The molecule has 1 atom stereocenters. The summed E-state index contributed by atoms with van der Waals surface area (Å²) in [5.41, 5.74) is -0.441. The molecule has 5 nitrogen and oxygen atoms in total. The fourth-order valence-electron chi connectivity index (χ4n) is 1.06. The van der Waals surface area contributed by atoms with E-state index >= 15 is 0 Å². The average Bonchev–Trinajstić information content (AvgIpc) is 2.91. The summed E-state index contributed by atoms with van der Waals surface area (Å²) < 4.78 is 15.4. The smallest absolute Gasteiger partial charge is 0.407 e. The first-order chi connectivity index (χ1) is 7.47. The van der Waals surface area contributed by atoms with Gasteiger partial charge in [-0.15, -0.1) is 0 Å². The lowest BCUT2D eigenvalue weighted by Gasteiger charge is -2.19. The molecule has 0 aromatic carbocycles. The van der Waals surface area contributed by atoms with Crippen molar-refractivity contribution in [1.29, 1.82) is 0 Å². The number of nitrogens with one attached hydrogen (secondary N) is 1. The van der Waals surface area contributed by atoms with E-state index in [1.54, 1.807) is 0 Å². The van der Waals surface area contributed by atoms with Gasteiger partial charge in [-0.05, 0) is 27.2 Å². The van der Waals surface area contributed by atoms with Crippen molar-refractivity contribution in [2.75, 3.05) is 26.4 Å². The van der Waals surface area contributed by atoms with E-state index in [4.69, 9.17) is 14.2 Å². The van der Waals surface area contributed by atoms with Gasteiger partial charge in [0.25, 0.3) is 0 Å². The molecule has 1 amide bonds. The topological polar surface area (TPSA) is 60.1 Å². The van der Waals surface area contributed by atoms with Crippen LogP contribution >= 0.6 is 0 Å². The van der Waals surface area contributed by atoms with Crippen LogP contribution in [-0.2, 0) is 14.2 Å². The molecular weight excluding hydrogens is 210 g/mol. The summed E-state index contributed by atoms with van der Waals surface area (Å²) in [5, 5.41) is 2.67. The summed E-state index contributed by atoms with van der Waals surface area (Å²) in [4.78, 5) is 11.2. The molecule has 0 radical (unpaired) electrons. The lowest BCUT2D eigenvalue weighted by Crippen LogP contribution is -2.33. The number of epoxide rings is 1. The first-order valence-electron chi connectivity index (χ1n) is 5.63. The van der Waals surface area contributed by atoms with Gasteiger partial charge in [-0.25, -0.2) is 4.79 Å². The van der Waals surface area contributed by atoms with Crippen LogP contribution in [0.1, 0.15) is 27.2 Å². The van der Waals surface area contributed by atoms with Gasteiger partial charge in [0.05, 0.1) is 13.2 Å². The highest BCUT2D eigenvalue weighted by molar-refractivity contribution is 5.67. The number of hydrogen-bond acceptors (Lipinski definition) is 4. The number of rotatable bonds is 6. The van der Waals surface area contributed by atoms with E-state index in [9.17, 15) is 4.79 Å². The minimum absolute atomic E-state index is 0.304. The van der Waals surface area contributed by atoms with Gasteiger partial charge in [-0.1, -0.05) is 0 Å². The Labute approximate surface area is 96.4 Å². The Bertz CT molecular complexity index is 221. The maximum Gasteiger partial charge on any atom is 0.407 e. The minimum Gasteiger partial charge on any atom is -0.444 e. The number of carbonyl (C=O) groups excluding carboxylic acids is 1. The fourth-order valence-corrected chi connectivity index (χ4v) is 1.06. The zero-order valence-electron chi connectivity index (χ0n) is 10.2. The van der Waals surface area contributed by atoms with Crippen molar-refractivity contribution < 1.29 is 19.0 Å². The van der Waals surface area contributed by atoms with Crippen molar-refractivity contribution >= 4 is 6.09 Å². The van der Waals surface area contributed by atoms with Crippen molar-refractivity contribution in [3.8, 4) is 0 Å². The first kappa shape index (κ1) is 13.3. The molecule has 1 fully saturated rings. The Balaban J connectivity index is 1.87. The third kappa shape index (κ3) is 7.48. The Hall–Kier alpha value is -0.810. The van der Waals surface area contributed by atoms with Gasteiger partial charge in [-0.3, -0.25) is 0 Å². The van der Waals surface area contributed by atoms with Crippen molar-refractivity contribution in [2.45, 2.75) is 38.9 Å². The number of alkyl carbamates (subject to hydrolysis) is 1. The molecule has 5 heteroatoms. The summed E-state index contributed by atoms with van der Waals surface area (Å²) in [6, 6.07) is 0. The molecular formula is C11H21NO4. The Morgan fingerprint density at radius 3 is 2.75 bits per heavy atom. The van der Waals surface area contributed by atoms with Crippen molar-refractivity contribution in [2.24, 2.45) is 0 Å². The summed E-state index contributed by atoms with van der Waals surface area (Å²) in [5.74, 6) is 0. The van der Waals surface area contributed by atoms with Crippen LogP contribution in [-0.4, -0.2) is 44.2 Å². The van der Waals surface area contributed by atoms with E-state index in [0.717, 1.165) is 13.0 Å². The summed E-state index contributed by atoms with van der Waals surface area (Å²) in [6.07, 6.45) is 0.711. The van der Waals surface area contributed by atoms with Crippen LogP contribution in [0.15, 0.2) is 0 Å². The highest BCUT2D eigenvalue weighted by Crippen LogP contribution is 2.08. The second-order valence-corrected chi connectivity index (χ2v) is 4.81. The monoisotopic (exact) mass is 231 g/mol. The Morgan fingerprint density at radius 2 is 2.19 bits per heavy atom. The molecule has 0 aromatic rings. The first-order valence-corrected chi connectivity index (χ1v) is 5.63. The second-order valence-electron chi connectivity index (χ2n) is 4.81. The number of hydrogen-bond donors (Lipinski definition) is 1. The molecule has 0 spiro atoms. The maximum absolute atomic E-state index is 11.2. The maximum atomic E-state index is 11.2. The summed E-state index contributed by atoms with van der Waals surface area (Å²) in [7, 11) is 0. The van der Waals surface area contributed by atoms with Gasteiger partial charge in [0, 0.05) is 13.2 Å². The molecule has 0 aliphatic carbocycles. The zero-order chi connectivity index (χ0) is 12.0. The van der Waals surface area contributed by atoms with E-state index < -0.39 is 5.60 Å². The predicted molar refractivity (Wildman–Crippen MR) is 59.4 cm³/mol. The molecule has 1 unspecified atom stereocenters. The minimum atomic E-state index is -0.441. The molecule has 1 N–H and O–H groups in total. The molecule has 1 aliphatic heterocycles. The van der Waals surface area contributed by atoms with Gasteiger partial charge in [0.15, 0.2) is 0 Å². The third-order valence-electron chi connectivity index (χ3n) is 1.84. The van der Waals surface area contributed by atoms with Crippen molar-refractivity contribution in [3.63, 3.8) is 0 Å². The predicted octanol–water partition coefficient (Wildman–Crippen LogP) is 1.32. The second kappa shape index (κ2) is 6.06. The van der Waals surface area contributed by atoms with Crippen LogP contribution in [0.25, 0.3) is 0 Å². The van der Waals surface area contributed by atoms with Crippen molar-refractivity contribution in [1.82, 2.24) is 5.32 Å². The fraction of sp³-hybridized carbons (Fsp3) is 0.909. The van der Waals surface area contributed by atoms with Crippen LogP contribution in [0.3, 0.4) is 0 Å². The Kier molecular flexibility index (Phi) is 5.02. The van der Waals surface area contributed by atoms with Crippen LogP contribution < -0.4 is 5.32 Å². The van der Waals surface area contributed by atoms with Gasteiger partial charge in [0.2, 0.25) is 0 Å². The summed E-state index contributed by atoms with van der Waals surface area (Å²) in [6.45, 7) is 8.20. The number of amides is 1. The number of carbonyl (C=O) groups is 1.